The Balaban J connectivity index is 1.29. The number of ether oxygens (including phenoxy) is 1. The summed E-state index contributed by atoms with van der Waals surface area (Å²) in [5.41, 5.74) is 1.42. The SMILES string of the molecule is CN1CCC2(CC1)CC(NC(=O)C1CCCN(C(=O)c3ccc(Cl)cc3)C1)c1ccccc1O2. The van der Waals surface area contributed by atoms with E-state index in [-0.39, 0.29) is 29.4 Å². The van der Waals surface area contributed by atoms with Crippen LogP contribution in [-0.4, -0.2) is 60.4 Å². The number of hydrogen-bond acceptors (Lipinski definition) is 4. The summed E-state index contributed by atoms with van der Waals surface area (Å²) < 4.78 is 6.53. The van der Waals surface area contributed by atoms with Crippen molar-refractivity contribution in [2.24, 2.45) is 5.92 Å². The average molecular weight is 482 g/mol. The molecule has 0 bridgehead atoms. The van der Waals surface area contributed by atoms with Crippen molar-refractivity contribution in [2.45, 2.75) is 43.7 Å². The van der Waals surface area contributed by atoms with Crippen LogP contribution in [0.25, 0.3) is 0 Å². The number of hydrogen-bond donors (Lipinski definition) is 1. The molecule has 2 aromatic carbocycles. The quantitative estimate of drug-likeness (QED) is 0.710. The first kappa shape index (κ1) is 23.2. The molecule has 0 aliphatic carbocycles. The third-order valence-electron chi connectivity index (χ3n) is 7.58. The Morgan fingerprint density at radius 1 is 1.06 bits per heavy atom. The van der Waals surface area contributed by atoms with Gasteiger partial charge < -0.3 is 19.9 Å². The molecular weight excluding hydrogens is 450 g/mol. The van der Waals surface area contributed by atoms with E-state index in [4.69, 9.17) is 16.3 Å². The lowest BCUT2D eigenvalue weighted by molar-refractivity contribution is -0.128. The monoisotopic (exact) mass is 481 g/mol. The van der Waals surface area contributed by atoms with Crippen molar-refractivity contribution in [3.8, 4) is 5.75 Å². The van der Waals surface area contributed by atoms with Crippen LogP contribution in [0.5, 0.6) is 5.75 Å². The lowest BCUT2D eigenvalue weighted by atomic mass is 9.80. The summed E-state index contributed by atoms with van der Waals surface area (Å²) in [6.45, 7) is 3.09. The fraction of sp³-hybridized carbons (Fsp3) is 0.481. The number of nitrogens with one attached hydrogen (secondary N) is 1. The smallest absolute Gasteiger partial charge is 0.253 e. The molecule has 3 aliphatic rings. The summed E-state index contributed by atoms with van der Waals surface area (Å²) in [7, 11) is 2.14. The van der Waals surface area contributed by atoms with Crippen LogP contribution in [0.1, 0.15) is 54.1 Å². The van der Waals surface area contributed by atoms with Gasteiger partial charge in [-0.2, -0.15) is 0 Å². The van der Waals surface area contributed by atoms with Gasteiger partial charge in [0.2, 0.25) is 5.91 Å². The Kier molecular flexibility index (Phi) is 6.54. The van der Waals surface area contributed by atoms with Gasteiger partial charge >= 0.3 is 0 Å². The minimum Gasteiger partial charge on any atom is -0.487 e. The van der Waals surface area contributed by atoms with Crippen LogP contribution in [0.3, 0.4) is 0 Å². The van der Waals surface area contributed by atoms with Gasteiger partial charge in [0.1, 0.15) is 11.4 Å². The third-order valence-corrected chi connectivity index (χ3v) is 7.83. The predicted octanol–water partition coefficient (Wildman–Crippen LogP) is 4.30. The van der Waals surface area contributed by atoms with Crippen LogP contribution >= 0.6 is 11.6 Å². The van der Waals surface area contributed by atoms with E-state index in [1.54, 1.807) is 29.2 Å². The molecule has 2 aromatic rings. The lowest BCUT2D eigenvalue weighted by Gasteiger charge is -2.46. The van der Waals surface area contributed by atoms with Crippen LogP contribution in [0, 0.1) is 5.92 Å². The fourth-order valence-electron chi connectivity index (χ4n) is 5.52. The number of para-hydroxylation sites is 1. The molecule has 2 atom stereocenters. The summed E-state index contributed by atoms with van der Waals surface area (Å²) in [4.78, 5) is 30.6. The van der Waals surface area contributed by atoms with E-state index >= 15 is 0 Å². The van der Waals surface area contributed by atoms with Crippen LogP contribution in [-0.2, 0) is 4.79 Å². The van der Waals surface area contributed by atoms with E-state index in [1.165, 1.54) is 0 Å². The number of carbonyl (C=O) groups excluding carboxylic acids is 2. The standard InChI is InChI=1S/C27H32ClN3O3/c1-30-15-12-27(13-16-30)17-23(22-6-2-3-7-24(22)34-27)29-25(32)20-5-4-14-31(18-20)26(33)19-8-10-21(28)11-9-19/h2-3,6-11,20,23H,4-5,12-18H2,1H3,(H,29,32). The van der Waals surface area contributed by atoms with E-state index in [0.717, 1.165) is 56.5 Å². The van der Waals surface area contributed by atoms with Gasteiger partial charge in [-0.3, -0.25) is 9.59 Å². The minimum absolute atomic E-state index is 0.0263. The minimum atomic E-state index is -0.234. The molecule has 2 saturated heterocycles. The number of halogens is 1. The molecular formula is C27H32ClN3O3. The van der Waals surface area contributed by atoms with E-state index in [0.29, 0.717) is 23.7 Å². The molecule has 0 radical (unpaired) electrons. The third kappa shape index (κ3) is 4.80. The van der Waals surface area contributed by atoms with Gasteiger partial charge in [0, 0.05) is 48.7 Å². The highest BCUT2D eigenvalue weighted by Gasteiger charge is 2.43. The second-order valence-electron chi connectivity index (χ2n) is 9.99. The number of benzene rings is 2. The number of rotatable bonds is 3. The molecule has 2 fully saturated rings. The fourth-order valence-corrected chi connectivity index (χ4v) is 5.65. The largest absolute Gasteiger partial charge is 0.487 e. The molecule has 2 amide bonds. The Morgan fingerprint density at radius 2 is 1.79 bits per heavy atom. The molecule has 6 nitrogen and oxygen atoms in total. The summed E-state index contributed by atoms with van der Waals surface area (Å²) >= 11 is 5.97. The van der Waals surface area contributed by atoms with E-state index < -0.39 is 0 Å². The van der Waals surface area contributed by atoms with Gasteiger partial charge in [0.15, 0.2) is 0 Å². The molecule has 34 heavy (non-hydrogen) atoms. The van der Waals surface area contributed by atoms with Crippen molar-refractivity contribution in [1.29, 1.82) is 0 Å². The van der Waals surface area contributed by atoms with Crippen LogP contribution in [0.2, 0.25) is 5.02 Å². The van der Waals surface area contributed by atoms with Gasteiger partial charge in [-0.05, 0) is 63.1 Å². The maximum atomic E-state index is 13.4. The second-order valence-corrected chi connectivity index (χ2v) is 10.4. The van der Waals surface area contributed by atoms with Crippen molar-refractivity contribution in [1.82, 2.24) is 15.1 Å². The van der Waals surface area contributed by atoms with Crippen molar-refractivity contribution >= 4 is 23.4 Å². The molecule has 7 heteroatoms. The number of carbonyl (C=O) groups is 2. The summed E-state index contributed by atoms with van der Waals surface area (Å²) in [5.74, 6) is 0.648. The van der Waals surface area contributed by atoms with Crippen LogP contribution < -0.4 is 10.1 Å². The van der Waals surface area contributed by atoms with Crippen LogP contribution in [0.4, 0.5) is 0 Å². The summed E-state index contributed by atoms with van der Waals surface area (Å²) in [6, 6.07) is 14.9. The molecule has 1 N–H and O–H groups in total. The normalized spacial score (nSPS) is 24.2. The maximum absolute atomic E-state index is 13.4. The zero-order chi connectivity index (χ0) is 23.7. The van der Waals surface area contributed by atoms with Gasteiger partial charge in [-0.25, -0.2) is 0 Å². The highest BCUT2D eigenvalue weighted by Crippen LogP contribution is 2.44. The molecule has 1 spiro atoms. The maximum Gasteiger partial charge on any atom is 0.253 e. The Morgan fingerprint density at radius 3 is 2.56 bits per heavy atom. The first-order valence-electron chi connectivity index (χ1n) is 12.2. The van der Waals surface area contributed by atoms with Gasteiger partial charge in [-0.15, -0.1) is 0 Å². The molecule has 180 valence electrons. The topological polar surface area (TPSA) is 61.9 Å². The van der Waals surface area contributed by atoms with Crippen molar-refractivity contribution < 1.29 is 14.3 Å². The Hall–Kier alpha value is -2.57. The van der Waals surface area contributed by atoms with Crippen molar-refractivity contribution in [3.05, 3.63) is 64.7 Å². The van der Waals surface area contributed by atoms with Crippen molar-refractivity contribution in [3.63, 3.8) is 0 Å². The number of fused-ring (bicyclic) bond motifs is 1. The van der Waals surface area contributed by atoms with Crippen LogP contribution in [0.15, 0.2) is 48.5 Å². The molecule has 2 unspecified atom stereocenters. The van der Waals surface area contributed by atoms with E-state index in [2.05, 4.69) is 23.3 Å². The lowest BCUT2D eigenvalue weighted by Crippen LogP contribution is -2.52. The molecule has 0 aromatic heterocycles. The second kappa shape index (κ2) is 9.59. The highest BCUT2D eigenvalue weighted by molar-refractivity contribution is 6.30. The number of likely N-dealkylation sites (tertiary alicyclic amines) is 2. The first-order valence-corrected chi connectivity index (χ1v) is 12.6. The van der Waals surface area contributed by atoms with Gasteiger partial charge in [0.25, 0.3) is 5.91 Å². The van der Waals surface area contributed by atoms with E-state index in [1.807, 2.05) is 18.2 Å². The highest BCUT2D eigenvalue weighted by atomic mass is 35.5. The predicted molar refractivity (Wildman–Crippen MR) is 132 cm³/mol. The Labute approximate surface area is 206 Å². The number of amides is 2. The van der Waals surface area contributed by atoms with Gasteiger partial charge in [0.05, 0.1) is 12.0 Å². The van der Waals surface area contributed by atoms with E-state index in [9.17, 15) is 9.59 Å². The first-order chi connectivity index (χ1) is 16.4. The number of nitrogens with zero attached hydrogens (tertiary/aromatic N) is 2. The molecule has 0 saturated carbocycles. The molecule has 5 rings (SSSR count). The number of piperidine rings is 2. The molecule has 3 aliphatic heterocycles. The van der Waals surface area contributed by atoms with Gasteiger partial charge in [-0.1, -0.05) is 29.8 Å². The summed E-state index contributed by atoms with van der Waals surface area (Å²) in [5, 5.41) is 3.95. The average Bonchev–Trinajstić information content (AvgIpc) is 2.86. The zero-order valence-electron chi connectivity index (χ0n) is 19.6. The van der Waals surface area contributed by atoms with Crippen molar-refractivity contribution in [2.75, 3.05) is 33.2 Å². The Bertz CT molecular complexity index is 1050. The zero-order valence-corrected chi connectivity index (χ0v) is 20.4. The molecule has 3 heterocycles. The summed E-state index contributed by atoms with van der Waals surface area (Å²) in [6.07, 6.45) is 4.30.